The summed E-state index contributed by atoms with van der Waals surface area (Å²) >= 11 is 0. The highest BCUT2D eigenvalue weighted by molar-refractivity contribution is 7.92. The quantitative estimate of drug-likeness (QED) is 0.428. The van der Waals surface area contributed by atoms with Crippen LogP contribution in [0.4, 0.5) is 5.69 Å². The number of likely N-dealkylation sites (N-methyl/N-ethyl adjacent to an activating group) is 1. The van der Waals surface area contributed by atoms with E-state index in [0.717, 1.165) is 5.56 Å². The van der Waals surface area contributed by atoms with Crippen LogP contribution >= 0.6 is 0 Å². The summed E-state index contributed by atoms with van der Waals surface area (Å²) < 4.78 is 33.9. The lowest BCUT2D eigenvalue weighted by molar-refractivity contribution is 0.0769. The van der Waals surface area contributed by atoms with Gasteiger partial charge in [0.15, 0.2) is 0 Å². The Hall–Kier alpha value is -3.39. The number of sulfonamides is 1. The number of hydrogen-bond acceptors (Lipinski definition) is 5. The van der Waals surface area contributed by atoms with E-state index >= 15 is 0 Å². The zero-order valence-electron chi connectivity index (χ0n) is 20.9. The Balaban J connectivity index is 1.93. The molecule has 0 fully saturated rings. The fourth-order valence-electron chi connectivity index (χ4n) is 3.66. The maximum Gasteiger partial charge on any atom is 0.264 e. The molecule has 0 N–H and O–H groups in total. The highest BCUT2D eigenvalue weighted by Crippen LogP contribution is 2.27. The van der Waals surface area contributed by atoms with Gasteiger partial charge in [-0.25, -0.2) is 13.4 Å². The summed E-state index contributed by atoms with van der Waals surface area (Å²) in [6.07, 6.45) is 1.47. The van der Waals surface area contributed by atoms with Crippen LogP contribution in [-0.4, -0.2) is 51.0 Å². The molecule has 186 valence electrons. The van der Waals surface area contributed by atoms with E-state index in [1.54, 1.807) is 41.3 Å². The van der Waals surface area contributed by atoms with Gasteiger partial charge >= 0.3 is 0 Å². The molecule has 1 amide bonds. The van der Waals surface area contributed by atoms with Crippen molar-refractivity contribution in [2.75, 3.05) is 31.0 Å². The molecule has 0 aliphatic carbocycles. The molecule has 0 aliphatic heterocycles. The molecule has 0 saturated carbocycles. The molecule has 0 radical (unpaired) electrons. The Morgan fingerprint density at radius 2 is 1.60 bits per heavy atom. The van der Waals surface area contributed by atoms with Crippen molar-refractivity contribution in [1.29, 1.82) is 0 Å². The van der Waals surface area contributed by atoms with Gasteiger partial charge in [0.25, 0.3) is 15.9 Å². The predicted molar refractivity (Wildman–Crippen MR) is 138 cm³/mol. The zero-order valence-corrected chi connectivity index (χ0v) is 21.7. The minimum Gasteiger partial charge on any atom is -0.481 e. The number of methoxy groups -OCH3 is 1. The van der Waals surface area contributed by atoms with Crippen molar-refractivity contribution >= 4 is 21.6 Å². The number of rotatable bonds is 9. The molecule has 0 spiro atoms. The molecule has 0 aliphatic rings. The first-order valence-electron chi connectivity index (χ1n) is 11.6. The van der Waals surface area contributed by atoms with E-state index in [0.29, 0.717) is 23.7 Å². The Labute approximate surface area is 208 Å². The van der Waals surface area contributed by atoms with Crippen LogP contribution in [0.2, 0.25) is 0 Å². The maximum atomic E-state index is 13.8. The van der Waals surface area contributed by atoms with Crippen LogP contribution in [0.5, 0.6) is 5.88 Å². The number of hydrogen-bond donors (Lipinski definition) is 0. The van der Waals surface area contributed by atoms with Gasteiger partial charge < -0.3 is 9.64 Å². The lowest BCUT2D eigenvalue weighted by Gasteiger charge is -2.28. The summed E-state index contributed by atoms with van der Waals surface area (Å²) in [5, 5.41) is 0. The van der Waals surface area contributed by atoms with Crippen LogP contribution < -0.4 is 9.04 Å². The van der Waals surface area contributed by atoms with Crippen LogP contribution in [0.25, 0.3) is 0 Å². The lowest BCUT2D eigenvalue weighted by Crippen LogP contribution is -2.41. The van der Waals surface area contributed by atoms with Crippen LogP contribution in [0, 0.1) is 0 Å². The SMILES string of the molecule is CCN(CCN(c1ccc(OC)nc1)S(=O)(=O)c1ccc(C(C)(C)C)cc1)C(=O)c1ccccc1. The Morgan fingerprint density at radius 3 is 2.11 bits per heavy atom. The van der Waals surface area contributed by atoms with Crippen molar-refractivity contribution in [1.82, 2.24) is 9.88 Å². The first-order valence-corrected chi connectivity index (χ1v) is 13.0. The maximum absolute atomic E-state index is 13.8. The minimum atomic E-state index is -3.92. The van der Waals surface area contributed by atoms with Gasteiger partial charge in [0, 0.05) is 24.7 Å². The van der Waals surface area contributed by atoms with Crippen molar-refractivity contribution in [2.45, 2.75) is 38.0 Å². The summed E-state index contributed by atoms with van der Waals surface area (Å²) in [6, 6.07) is 19.2. The molecule has 0 bridgehead atoms. The monoisotopic (exact) mass is 495 g/mol. The van der Waals surface area contributed by atoms with Gasteiger partial charge in [-0.15, -0.1) is 0 Å². The molecule has 0 atom stereocenters. The Morgan fingerprint density at radius 1 is 0.943 bits per heavy atom. The first-order chi connectivity index (χ1) is 16.6. The molecule has 3 rings (SSSR count). The van der Waals surface area contributed by atoms with Crippen molar-refractivity contribution < 1.29 is 17.9 Å². The molecule has 7 nitrogen and oxygen atoms in total. The molecule has 8 heteroatoms. The van der Waals surface area contributed by atoms with Crippen molar-refractivity contribution in [3.05, 3.63) is 84.1 Å². The molecule has 0 saturated heterocycles. The number of aromatic nitrogens is 1. The number of anilines is 1. The topological polar surface area (TPSA) is 79.8 Å². The number of pyridine rings is 1. The summed E-state index contributed by atoms with van der Waals surface area (Å²) in [7, 11) is -2.41. The Bertz CT molecular complexity index is 1220. The number of nitrogens with zero attached hydrogens (tertiary/aromatic N) is 3. The second kappa shape index (κ2) is 10.9. The standard InChI is InChI=1S/C27H33N3O4S/c1-6-29(26(31)21-10-8-7-9-11-21)18-19-30(23-14-17-25(34-5)28-20-23)35(32,33)24-15-12-22(13-16-24)27(2,3)4/h7-17,20H,6,18-19H2,1-5H3. The summed E-state index contributed by atoms with van der Waals surface area (Å²) in [6.45, 7) is 8.85. The molecular formula is C27H33N3O4S. The van der Waals surface area contributed by atoms with Gasteiger partial charge in [-0.05, 0) is 48.2 Å². The van der Waals surface area contributed by atoms with Gasteiger partial charge in [0.2, 0.25) is 5.88 Å². The number of benzene rings is 2. The fourth-order valence-corrected chi connectivity index (χ4v) is 5.10. The van der Waals surface area contributed by atoms with Crippen LogP contribution in [0.1, 0.15) is 43.6 Å². The highest BCUT2D eigenvalue weighted by atomic mass is 32.2. The molecule has 1 aromatic heterocycles. The highest BCUT2D eigenvalue weighted by Gasteiger charge is 2.27. The third-order valence-corrected chi connectivity index (χ3v) is 7.63. The van der Waals surface area contributed by atoms with E-state index in [-0.39, 0.29) is 29.3 Å². The van der Waals surface area contributed by atoms with Crippen molar-refractivity contribution in [3.8, 4) is 5.88 Å². The van der Waals surface area contributed by atoms with E-state index in [4.69, 9.17) is 4.74 Å². The largest absolute Gasteiger partial charge is 0.481 e. The van der Waals surface area contributed by atoms with Crippen molar-refractivity contribution in [3.63, 3.8) is 0 Å². The van der Waals surface area contributed by atoms with Crippen LogP contribution in [0.3, 0.4) is 0 Å². The molecule has 2 aromatic carbocycles. The van der Waals surface area contributed by atoms with E-state index < -0.39 is 10.0 Å². The number of ether oxygens (including phenoxy) is 1. The molecule has 0 unspecified atom stereocenters. The number of carbonyl (C=O) groups is 1. The molecule has 35 heavy (non-hydrogen) atoms. The Kier molecular flexibility index (Phi) is 8.17. The smallest absolute Gasteiger partial charge is 0.264 e. The number of carbonyl (C=O) groups excluding carboxylic acids is 1. The average Bonchev–Trinajstić information content (AvgIpc) is 2.86. The fraction of sp³-hybridized carbons (Fsp3) is 0.333. The summed E-state index contributed by atoms with van der Waals surface area (Å²) in [4.78, 5) is 19.0. The van der Waals surface area contributed by atoms with Crippen LogP contribution in [0.15, 0.2) is 77.8 Å². The third kappa shape index (κ3) is 6.19. The van der Waals surface area contributed by atoms with Gasteiger partial charge in [-0.1, -0.05) is 51.1 Å². The van der Waals surface area contributed by atoms with Gasteiger partial charge in [0.1, 0.15) is 0 Å². The minimum absolute atomic E-state index is 0.0732. The third-order valence-electron chi connectivity index (χ3n) is 5.79. The molecular weight excluding hydrogens is 462 g/mol. The van der Waals surface area contributed by atoms with E-state index in [2.05, 4.69) is 25.8 Å². The summed E-state index contributed by atoms with van der Waals surface area (Å²) in [5.74, 6) is 0.239. The van der Waals surface area contributed by atoms with E-state index in [1.165, 1.54) is 17.6 Å². The molecule has 3 aromatic rings. The second-order valence-corrected chi connectivity index (χ2v) is 11.0. The lowest BCUT2D eigenvalue weighted by atomic mass is 9.87. The van der Waals surface area contributed by atoms with Gasteiger partial charge in [0.05, 0.1) is 30.4 Å². The second-order valence-electron chi connectivity index (χ2n) is 9.16. The normalized spacial score (nSPS) is 11.7. The average molecular weight is 496 g/mol. The van der Waals surface area contributed by atoms with Gasteiger partial charge in [-0.3, -0.25) is 9.10 Å². The zero-order chi connectivity index (χ0) is 25.6. The summed E-state index contributed by atoms with van der Waals surface area (Å²) in [5.41, 5.74) is 1.91. The van der Waals surface area contributed by atoms with E-state index in [1.807, 2.05) is 37.3 Å². The van der Waals surface area contributed by atoms with Gasteiger partial charge in [-0.2, -0.15) is 0 Å². The molecule has 1 heterocycles. The van der Waals surface area contributed by atoms with Crippen LogP contribution in [-0.2, 0) is 15.4 Å². The predicted octanol–water partition coefficient (Wildman–Crippen LogP) is 4.75. The van der Waals surface area contributed by atoms with E-state index in [9.17, 15) is 13.2 Å². The number of amides is 1. The first kappa shape index (κ1) is 26.2. The van der Waals surface area contributed by atoms with Crippen molar-refractivity contribution in [2.24, 2.45) is 0 Å².